The summed E-state index contributed by atoms with van der Waals surface area (Å²) in [5.74, 6) is -1.22. The Morgan fingerprint density at radius 1 is 1.21 bits per heavy atom. The predicted molar refractivity (Wildman–Crippen MR) is 90.7 cm³/mol. The van der Waals surface area contributed by atoms with E-state index in [1.54, 1.807) is 24.3 Å². The van der Waals surface area contributed by atoms with Crippen molar-refractivity contribution in [1.82, 2.24) is 0 Å². The zero-order chi connectivity index (χ0) is 17.7. The van der Waals surface area contributed by atoms with Crippen LogP contribution in [0.2, 0.25) is 0 Å². The topological polar surface area (TPSA) is 98.5 Å². The van der Waals surface area contributed by atoms with Crippen molar-refractivity contribution in [3.05, 3.63) is 68.7 Å². The predicted octanol–water partition coefficient (Wildman–Crippen LogP) is 3.54. The van der Waals surface area contributed by atoms with E-state index in [1.165, 1.54) is 31.2 Å². The molecule has 2 rings (SSSR count). The number of non-ortho nitro benzene ring substituents is 1. The fourth-order valence-electron chi connectivity index (χ4n) is 1.81. The molecule has 0 aliphatic heterocycles. The van der Waals surface area contributed by atoms with Crippen LogP contribution in [-0.2, 0) is 9.53 Å². The first-order valence-electron chi connectivity index (χ1n) is 6.88. The molecule has 0 saturated heterocycles. The summed E-state index contributed by atoms with van der Waals surface area (Å²) in [4.78, 5) is 34.2. The van der Waals surface area contributed by atoms with Gasteiger partial charge in [-0.1, -0.05) is 22.0 Å². The first-order valence-corrected chi connectivity index (χ1v) is 7.68. The smallest absolute Gasteiger partial charge is 0.338 e. The first-order chi connectivity index (χ1) is 11.4. The lowest BCUT2D eigenvalue weighted by Gasteiger charge is -2.13. The van der Waals surface area contributed by atoms with Gasteiger partial charge >= 0.3 is 5.97 Å². The van der Waals surface area contributed by atoms with Gasteiger partial charge in [0.05, 0.1) is 10.5 Å². The zero-order valence-corrected chi connectivity index (χ0v) is 14.1. The molecule has 7 nitrogen and oxygen atoms in total. The van der Waals surface area contributed by atoms with E-state index in [0.29, 0.717) is 5.56 Å². The van der Waals surface area contributed by atoms with E-state index in [-0.39, 0.29) is 11.4 Å². The molecule has 2 aromatic rings. The molecular weight excluding hydrogens is 380 g/mol. The van der Waals surface area contributed by atoms with Crippen LogP contribution in [0.25, 0.3) is 0 Å². The number of benzene rings is 2. The van der Waals surface area contributed by atoms with Gasteiger partial charge in [0.1, 0.15) is 0 Å². The van der Waals surface area contributed by atoms with Crippen molar-refractivity contribution in [3.8, 4) is 0 Å². The number of hydrogen-bond donors (Lipinski definition) is 1. The Balaban J connectivity index is 1.99. The van der Waals surface area contributed by atoms with Gasteiger partial charge in [-0.25, -0.2) is 4.79 Å². The van der Waals surface area contributed by atoms with Gasteiger partial charge in [-0.05, 0) is 37.3 Å². The maximum absolute atomic E-state index is 12.0. The van der Waals surface area contributed by atoms with Gasteiger partial charge in [-0.3, -0.25) is 14.9 Å². The molecule has 8 heteroatoms. The standard InChI is InChI=1S/C16H13BrN2O5/c1-10(24-16(21)11-5-7-12(17)8-6-11)15(20)18-13-3-2-4-14(9-13)19(22)23/h2-10H,1H3,(H,18,20)/t10-/m0/s1. The molecule has 1 amide bonds. The molecule has 0 radical (unpaired) electrons. The van der Waals surface area contributed by atoms with Gasteiger partial charge in [0.2, 0.25) is 0 Å². The number of esters is 1. The number of rotatable bonds is 5. The molecule has 124 valence electrons. The highest BCUT2D eigenvalue weighted by Gasteiger charge is 2.19. The molecule has 0 aliphatic rings. The number of nitrogens with zero attached hydrogens (tertiary/aromatic N) is 1. The van der Waals surface area contributed by atoms with Crippen molar-refractivity contribution < 1.29 is 19.2 Å². The summed E-state index contributed by atoms with van der Waals surface area (Å²) in [5.41, 5.74) is 0.418. The van der Waals surface area contributed by atoms with Crippen LogP contribution >= 0.6 is 15.9 Å². The van der Waals surface area contributed by atoms with Crippen molar-refractivity contribution in [2.45, 2.75) is 13.0 Å². The molecule has 1 N–H and O–H groups in total. The van der Waals surface area contributed by atoms with E-state index in [1.807, 2.05) is 0 Å². The van der Waals surface area contributed by atoms with Crippen molar-refractivity contribution in [1.29, 1.82) is 0 Å². The lowest BCUT2D eigenvalue weighted by atomic mass is 10.2. The highest BCUT2D eigenvalue weighted by atomic mass is 79.9. The number of carbonyl (C=O) groups is 2. The molecule has 0 fully saturated rings. The van der Waals surface area contributed by atoms with E-state index in [0.717, 1.165) is 4.47 Å². The average Bonchev–Trinajstić information content (AvgIpc) is 2.55. The monoisotopic (exact) mass is 392 g/mol. The van der Waals surface area contributed by atoms with Gasteiger partial charge in [0.15, 0.2) is 6.10 Å². The van der Waals surface area contributed by atoms with Crippen LogP contribution in [0.15, 0.2) is 53.0 Å². The normalized spacial score (nSPS) is 11.4. The van der Waals surface area contributed by atoms with Crippen molar-refractivity contribution >= 4 is 39.2 Å². The first kappa shape index (κ1) is 17.6. The highest BCUT2D eigenvalue weighted by molar-refractivity contribution is 9.10. The third-order valence-corrected chi connectivity index (χ3v) is 3.59. The molecule has 0 unspecified atom stereocenters. The number of nitro benzene ring substituents is 1. The number of hydrogen-bond acceptors (Lipinski definition) is 5. The second kappa shape index (κ2) is 7.69. The average molecular weight is 393 g/mol. The van der Waals surface area contributed by atoms with Crippen molar-refractivity contribution in [2.24, 2.45) is 0 Å². The van der Waals surface area contributed by atoms with Gasteiger partial charge in [-0.15, -0.1) is 0 Å². The van der Waals surface area contributed by atoms with Gasteiger partial charge in [-0.2, -0.15) is 0 Å². The lowest BCUT2D eigenvalue weighted by Crippen LogP contribution is -2.30. The highest BCUT2D eigenvalue weighted by Crippen LogP contribution is 2.18. The second-order valence-electron chi connectivity index (χ2n) is 4.85. The fourth-order valence-corrected chi connectivity index (χ4v) is 2.07. The molecule has 24 heavy (non-hydrogen) atoms. The molecule has 0 bridgehead atoms. The molecule has 0 spiro atoms. The number of amides is 1. The summed E-state index contributed by atoms with van der Waals surface area (Å²) in [6.07, 6.45) is -1.06. The summed E-state index contributed by atoms with van der Waals surface area (Å²) in [6.45, 7) is 1.42. The van der Waals surface area contributed by atoms with Gasteiger partial charge < -0.3 is 10.1 Å². The van der Waals surface area contributed by atoms with Crippen LogP contribution in [-0.4, -0.2) is 22.9 Å². The third-order valence-electron chi connectivity index (χ3n) is 3.06. The van der Waals surface area contributed by atoms with E-state index in [9.17, 15) is 19.7 Å². The Kier molecular flexibility index (Phi) is 5.64. The van der Waals surface area contributed by atoms with Crippen LogP contribution in [0.5, 0.6) is 0 Å². The van der Waals surface area contributed by atoms with E-state index in [2.05, 4.69) is 21.2 Å². The number of ether oxygens (including phenoxy) is 1. The minimum Gasteiger partial charge on any atom is -0.449 e. The number of halogens is 1. The number of anilines is 1. The molecule has 1 atom stereocenters. The SMILES string of the molecule is C[C@H](OC(=O)c1ccc(Br)cc1)C(=O)Nc1cccc([N+](=O)[O-])c1. The van der Waals surface area contributed by atoms with E-state index >= 15 is 0 Å². The van der Waals surface area contributed by atoms with E-state index < -0.39 is 22.9 Å². The Bertz CT molecular complexity index is 776. The maximum atomic E-state index is 12.0. The minimum atomic E-state index is -1.06. The van der Waals surface area contributed by atoms with Crippen LogP contribution in [0.1, 0.15) is 17.3 Å². The molecule has 0 saturated carbocycles. The molecule has 0 aliphatic carbocycles. The van der Waals surface area contributed by atoms with Crippen molar-refractivity contribution in [3.63, 3.8) is 0 Å². The Morgan fingerprint density at radius 3 is 2.50 bits per heavy atom. The Morgan fingerprint density at radius 2 is 1.88 bits per heavy atom. The maximum Gasteiger partial charge on any atom is 0.338 e. The Labute approximate surface area is 145 Å². The Hall–Kier alpha value is -2.74. The van der Waals surface area contributed by atoms with Gasteiger partial charge in [0.25, 0.3) is 11.6 Å². The van der Waals surface area contributed by atoms with Crippen LogP contribution in [0.4, 0.5) is 11.4 Å². The summed E-state index contributed by atoms with van der Waals surface area (Å²) < 4.78 is 5.90. The molecule has 0 aromatic heterocycles. The largest absolute Gasteiger partial charge is 0.449 e. The third kappa shape index (κ3) is 4.63. The molecule has 2 aromatic carbocycles. The van der Waals surface area contributed by atoms with Crippen LogP contribution < -0.4 is 5.32 Å². The number of nitrogens with one attached hydrogen (secondary N) is 1. The fraction of sp³-hybridized carbons (Fsp3) is 0.125. The minimum absolute atomic E-state index is 0.146. The quantitative estimate of drug-likeness (QED) is 0.476. The zero-order valence-electron chi connectivity index (χ0n) is 12.6. The summed E-state index contributed by atoms with van der Waals surface area (Å²) in [5, 5.41) is 13.2. The van der Waals surface area contributed by atoms with Crippen LogP contribution in [0.3, 0.4) is 0 Å². The summed E-state index contributed by atoms with van der Waals surface area (Å²) >= 11 is 3.26. The second-order valence-corrected chi connectivity index (χ2v) is 5.77. The van der Waals surface area contributed by atoms with E-state index in [4.69, 9.17) is 4.74 Å². The summed E-state index contributed by atoms with van der Waals surface area (Å²) in [7, 11) is 0. The van der Waals surface area contributed by atoms with Crippen LogP contribution in [0, 0.1) is 10.1 Å². The number of carbonyl (C=O) groups excluding carboxylic acids is 2. The lowest BCUT2D eigenvalue weighted by molar-refractivity contribution is -0.384. The number of nitro groups is 1. The van der Waals surface area contributed by atoms with Gasteiger partial charge in [0, 0.05) is 22.3 Å². The molecular formula is C16H13BrN2O5. The molecule has 0 heterocycles. The summed E-state index contributed by atoms with van der Waals surface area (Å²) in [6, 6.07) is 12.0. The van der Waals surface area contributed by atoms with Crippen molar-refractivity contribution in [2.75, 3.05) is 5.32 Å².